The third-order valence-corrected chi connectivity index (χ3v) is 2.07. The summed E-state index contributed by atoms with van der Waals surface area (Å²) in [7, 11) is 0. The zero-order valence-electron chi connectivity index (χ0n) is 7.69. The minimum atomic E-state index is -0.961. The fraction of sp³-hybridized carbons (Fsp3) is 0.571. The van der Waals surface area contributed by atoms with E-state index in [-0.39, 0.29) is 6.61 Å². The number of carbonyl (C=O) groups is 1. The molecule has 0 amide bonds. The fourth-order valence-corrected chi connectivity index (χ4v) is 1.37. The number of carboxylic acids is 1. The van der Waals surface area contributed by atoms with Crippen LogP contribution >= 0.6 is 11.3 Å². The Morgan fingerprint density at radius 2 is 2.43 bits per heavy atom. The van der Waals surface area contributed by atoms with E-state index in [1.54, 1.807) is 0 Å². The van der Waals surface area contributed by atoms with Crippen molar-refractivity contribution in [2.24, 2.45) is 0 Å². The lowest BCUT2D eigenvalue weighted by Gasteiger charge is -2.01. The van der Waals surface area contributed by atoms with Gasteiger partial charge in [-0.25, -0.2) is 4.79 Å². The molecule has 1 heterocycles. The second-order valence-corrected chi connectivity index (χ2v) is 3.68. The Bertz CT molecular complexity index is 302. The van der Waals surface area contributed by atoms with Crippen molar-refractivity contribution in [1.82, 2.24) is 10.2 Å². The molecule has 0 aliphatic rings. The number of rotatable bonds is 6. The molecular formula is C7H11N3O3S. The average molecular weight is 217 g/mol. The third-order valence-electron chi connectivity index (χ3n) is 1.27. The summed E-state index contributed by atoms with van der Waals surface area (Å²) in [4.78, 5) is 10.1. The second kappa shape index (κ2) is 5.51. The van der Waals surface area contributed by atoms with Crippen molar-refractivity contribution in [2.75, 3.05) is 25.1 Å². The summed E-state index contributed by atoms with van der Waals surface area (Å²) < 4.78 is 4.82. The van der Waals surface area contributed by atoms with Gasteiger partial charge >= 0.3 is 5.97 Å². The van der Waals surface area contributed by atoms with Crippen molar-refractivity contribution in [1.29, 1.82) is 0 Å². The zero-order chi connectivity index (χ0) is 10.4. The molecule has 0 fully saturated rings. The number of ether oxygens (including phenoxy) is 1. The van der Waals surface area contributed by atoms with Gasteiger partial charge in [-0.05, 0) is 6.92 Å². The Morgan fingerprint density at radius 3 is 3.00 bits per heavy atom. The quantitative estimate of drug-likeness (QED) is 0.669. The molecule has 1 rings (SSSR count). The summed E-state index contributed by atoms with van der Waals surface area (Å²) in [5.41, 5.74) is 0. The molecule has 78 valence electrons. The Labute approximate surface area is 84.9 Å². The smallest absolute Gasteiger partial charge is 0.329 e. The van der Waals surface area contributed by atoms with Gasteiger partial charge in [0.05, 0.1) is 6.61 Å². The van der Waals surface area contributed by atoms with Crippen LogP contribution in [0, 0.1) is 6.92 Å². The largest absolute Gasteiger partial charge is 0.480 e. The van der Waals surface area contributed by atoms with Crippen molar-refractivity contribution in [3.63, 3.8) is 0 Å². The maximum atomic E-state index is 10.1. The van der Waals surface area contributed by atoms with E-state index in [1.807, 2.05) is 6.92 Å². The molecule has 7 heteroatoms. The first-order chi connectivity index (χ1) is 6.68. The molecule has 0 bridgehead atoms. The number of aromatic nitrogens is 2. The predicted molar refractivity (Wildman–Crippen MR) is 51.6 cm³/mol. The van der Waals surface area contributed by atoms with Crippen LogP contribution in [-0.2, 0) is 9.53 Å². The van der Waals surface area contributed by atoms with Crippen LogP contribution in [0.1, 0.15) is 5.01 Å². The minimum Gasteiger partial charge on any atom is -0.480 e. The molecule has 0 saturated heterocycles. The van der Waals surface area contributed by atoms with Crippen molar-refractivity contribution < 1.29 is 14.6 Å². The highest BCUT2D eigenvalue weighted by molar-refractivity contribution is 7.15. The molecule has 0 aromatic carbocycles. The topological polar surface area (TPSA) is 84.3 Å². The summed E-state index contributed by atoms with van der Waals surface area (Å²) in [6, 6.07) is 0. The van der Waals surface area contributed by atoms with E-state index in [4.69, 9.17) is 9.84 Å². The highest BCUT2D eigenvalue weighted by Crippen LogP contribution is 2.12. The number of nitrogens with one attached hydrogen (secondary N) is 1. The first kappa shape index (κ1) is 10.9. The van der Waals surface area contributed by atoms with Crippen LogP contribution in [0.4, 0.5) is 5.13 Å². The van der Waals surface area contributed by atoms with Crippen LogP contribution in [0.25, 0.3) is 0 Å². The van der Waals surface area contributed by atoms with E-state index in [2.05, 4.69) is 15.5 Å². The van der Waals surface area contributed by atoms with Crippen molar-refractivity contribution in [3.05, 3.63) is 5.01 Å². The normalized spacial score (nSPS) is 10.1. The average Bonchev–Trinajstić information content (AvgIpc) is 2.50. The van der Waals surface area contributed by atoms with E-state index >= 15 is 0 Å². The van der Waals surface area contributed by atoms with Crippen LogP contribution in [0.5, 0.6) is 0 Å². The maximum Gasteiger partial charge on any atom is 0.329 e. The van der Waals surface area contributed by atoms with E-state index in [0.29, 0.717) is 13.2 Å². The number of hydrogen-bond donors (Lipinski definition) is 2. The molecule has 14 heavy (non-hydrogen) atoms. The molecule has 0 aliphatic heterocycles. The lowest BCUT2D eigenvalue weighted by Crippen LogP contribution is -2.13. The molecule has 1 aromatic heterocycles. The molecule has 0 aliphatic carbocycles. The molecule has 0 atom stereocenters. The molecule has 0 spiro atoms. The first-order valence-electron chi connectivity index (χ1n) is 4.02. The van der Waals surface area contributed by atoms with E-state index in [9.17, 15) is 4.79 Å². The minimum absolute atomic E-state index is 0.267. The molecule has 0 radical (unpaired) electrons. The summed E-state index contributed by atoms with van der Waals surface area (Å²) in [6.45, 7) is 2.47. The van der Waals surface area contributed by atoms with Gasteiger partial charge < -0.3 is 15.2 Å². The highest BCUT2D eigenvalue weighted by Gasteiger charge is 1.99. The fourth-order valence-electron chi connectivity index (χ4n) is 0.758. The summed E-state index contributed by atoms with van der Waals surface area (Å²) in [6.07, 6.45) is 0. The summed E-state index contributed by atoms with van der Waals surface area (Å²) in [5, 5.41) is 20.5. The number of anilines is 1. The standard InChI is InChI=1S/C7H11N3O3S/c1-5-9-10-7(14-5)8-2-3-13-4-6(11)12/h2-4H2,1H3,(H,8,10)(H,11,12). The maximum absolute atomic E-state index is 10.1. The predicted octanol–water partition coefficient (Wildman–Crippen LogP) is 0.360. The number of nitrogens with zero attached hydrogens (tertiary/aromatic N) is 2. The number of carboxylic acid groups (broad SMARTS) is 1. The zero-order valence-corrected chi connectivity index (χ0v) is 8.50. The Hall–Kier alpha value is -1.21. The number of aliphatic carboxylic acids is 1. The molecule has 0 unspecified atom stereocenters. The van der Waals surface area contributed by atoms with Crippen LogP contribution in [0.3, 0.4) is 0 Å². The monoisotopic (exact) mass is 217 g/mol. The summed E-state index contributed by atoms with van der Waals surface area (Å²) >= 11 is 1.45. The number of hydrogen-bond acceptors (Lipinski definition) is 6. The van der Waals surface area contributed by atoms with Crippen molar-refractivity contribution >= 4 is 22.4 Å². The van der Waals surface area contributed by atoms with E-state index in [0.717, 1.165) is 10.1 Å². The van der Waals surface area contributed by atoms with Gasteiger partial charge in [-0.15, -0.1) is 10.2 Å². The summed E-state index contributed by atoms with van der Waals surface area (Å²) in [5.74, 6) is -0.961. The van der Waals surface area contributed by atoms with Crippen molar-refractivity contribution in [3.8, 4) is 0 Å². The lowest BCUT2D eigenvalue weighted by molar-refractivity contribution is -0.142. The van der Waals surface area contributed by atoms with Gasteiger partial charge in [0.2, 0.25) is 5.13 Å². The van der Waals surface area contributed by atoms with Gasteiger partial charge in [0.1, 0.15) is 11.6 Å². The number of aryl methyl sites for hydroxylation is 1. The van der Waals surface area contributed by atoms with Gasteiger partial charge in [-0.3, -0.25) is 0 Å². The van der Waals surface area contributed by atoms with Crippen LogP contribution in [-0.4, -0.2) is 41.0 Å². The second-order valence-electron chi connectivity index (χ2n) is 2.50. The van der Waals surface area contributed by atoms with E-state index in [1.165, 1.54) is 11.3 Å². The Morgan fingerprint density at radius 1 is 1.64 bits per heavy atom. The van der Waals surface area contributed by atoms with Gasteiger partial charge in [0.25, 0.3) is 0 Å². The van der Waals surface area contributed by atoms with Gasteiger partial charge in [0, 0.05) is 6.54 Å². The van der Waals surface area contributed by atoms with Crippen LogP contribution < -0.4 is 5.32 Å². The van der Waals surface area contributed by atoms with E-state index < -0.39 is 5.97 Å². The Kier molecular flexibility index (Phi) is 4.27. The van der Waals surface area contributed by atoms with Crippen molar-refractivity contribution in [2.45, 2.75) is 6.92 Å². The van der Waals surface area contributed by atoms with Gasteiger partial charge in [-0.2, -0.15) is 0 Å². The first-order valence-corrected chi connectivity index (χ1v) is 4.83. The van der Waals surface area contributed by atoms with Gasteiger partial charge in [0.15, 0.2) is 0 Å². The van der Waals surface area contributed by atoms with Gasteiger partial charge in [-0.1, -0.05) is 11.3 Å². The SMILES string of the molecule is Cc1nnc(NCCOCC(=O)O)s1. The van der Waals surface area contributed by atoms with Crippen LogP contribution in [0.2, 0.25) is 0 Å². The molecule has 2 N–H and O–H groups in total. The molecule has 6 nitrogen and oxygen atoms in total. The Balaban J connectivity index is 2.07. The highest BCUT2D eigenvalue weighted by atomic mass is 32.1. The third kappa shape index (κ3) is 4.15. The molecular weight excluding hydrogens is 206 g/mol. The molecule has 0 saturated carbocycles. The molecule has 1 aromatic rings. The van der Waals surface area contributed by atoms with Crippen LogP contribution in [0.15, 0.2) is 0 Å². The lowest BCUT2D eigenvalue weighted by atomic mass is 10.6.